The molecule has 0 radical (unpaired) electrons. The molecule has 0 aliphatic rings. The van der Waals surface area contributed by atoms with E-state index in [1.807, 2.05) is 13.0 Å². The van der Waals surface area contributed by atoms with Gasteiger partial charge in [0.05, 0.1) is 17.1 Å². The van der Waals surface area contributed by atoms with E-state index in [-0.39, 0.29) is 17.0 Å². The first-order chi connectivity index (χ1) is 8.04. The maximum absolute atomic E-state index is 12.2. The highest BCUT2D eigenvalue weighted by atomic mass is 79.9. The van der Waals surface area contributed by atoms with Crippen molar-refractivity contribution in [2.75, 3.05) is 7.05 Å². The van der Waals surface area contributed by atoms with Crippen LogP contribution in [0.2, 0.25) is 5.28 Å². The number of benzene rings is 1. The molecule has 2 rings (SSSR count). The van der Waals surface area contributed by atoms with Crippen LogP contribution in [0.15, 0.2) is 27.5 Å². The minimum Gasteiger partial charge on any atom is -0.300 e. The van der Waals surface area contributed by atoms with Crippen LogP contribution in [0.4, 0.5) is 0 Å². The monoisotopic (exact) mass is 315 g/mol. The molecule has 1 unspecified atom stereocenters. The molecule has 0 spiro atoms. The summed E-state index contributed by atoms with van der Waals surface area (Å²) in [5, 5.41) is 3.71. The van der Waals surface area contributed by atoms with E-state index in [0.717, 1.165) is 4.47 Å². The van der Waals surface area contributed by atoms with Crippen molar-refractivity contribution in [3.05, 3.63) is 38.3 Å². The van der Waals surface area contributed by atoms with Gasteiger partial charge in [-0.1, -0.05) is 15.9 Å². The summed E-state index contributed by atoms with van der Waals surface area (Å²) >= 11 is 9.37. The normalized spacial score (nSPS) is 12.9. The van der Waals surface area contributed by atoms with Crippen molar-refractivity contribution < 1.29 is 0 Å². The molecule has 90 valence electrons. The summed E-state index contributed by atoms with van der Waals surface area (Å²) in [6.07, 6.45) is -0.199. The summed E-state index contributed by atoms with van der Waals surface area (Å²) in [6.45, 7) is 1.85. The van der Waals surface area contributed by atoms with Crippen molar-refractivity contribution in [2.24, 2.45) is 0 Å². The van der Waals surface area contributed by atoms with Gasteiger partial charge in [-0.05, 0) is 43.8 Å². The van der Waals surface area contributed by atoms with Gasteiger partial charge >= 0.3 is 0 Å². The fourth-order valence-electron chi connectivity index (χ4n) is 1.61. The van der Waals surface area contributed by atoms with Crippen molar-refractivity contribution >= 4 is 38.4 Å². The lowest BCUT2D eigenvalue weighted by atomic mass is 10.2. The Bertz CT molecular complexity index is 626. The van der Waals surface area contributed by atoms with Gasteiger partial charge in [-0.25, -0.2) is 4.98 Å². The number of hydrogen-bond donors (Lipinski definition) is 1. The van der Waals surface area contributed by atoms with Gasteiger partial charge in [0.15, 0.2) is 0 Å². The maximum atomic E-state index is 12.2. The van der Waals surface area contributed by atoms with E-state index < -0.39 is 0 Å². The van der Waals surface area contributed by atoms with E-state index in [9.17, 15) is 4.79 Å². The molecule has 4 nitrogen and oxygen atoms in total. The maximum Gasteiger partial charge on any atom is 0.263 e. The highest BCUT2D eigenvalue weighted by Gasteiger charge is 2.13. The van der Waals surface area contributed by atoms with Gasteiger partial charge < -0.3 is 5.32 Å². The summed E-state index contributed by atoms with van der Waals surface area (Å²) < 4.78 is 2.30. The molecule has 1 N–H and O–H groups in total. The van der Waals surface area contributed by atoms with Gasteiger partial charge in [0, 0.05) is 4.47 Å². The first-order valence-electron chi connectivity index (χ1n) is 5.09. The van der Waals surface area contributed by atoms with Gasteiger partial charge in [-0.15, -0.1) is 0 Å². The molecule has 17 heavy (non-hydrogen) atoms. The largest absolute Gasteiger partial charge is 0.300 e. The standard InChI is InChI=1S/C11H11BrClN3O/c1-6(14-2)16-10(17)8-4-3-7(12)5-9(8)15-11(16)13/h3-6,14H,1-2H3. The zero-order valence-electron chi connectivity index (χ0n) is 9.37. The number of nitrogens with zero attached hydrogens (tertiary/aromatic N) is 2. The zero-order valence-corrected chi connectivity index (χ0v) is 11.7. The van der Waals surface area contributed by atoms with Crippen LogP contribution in [0.5, 0.6) is 0 Å². The lowest BCUT2D eigenvalue weighted by Gasteiger charge is -2.16. The van der Waals surface area contributed by atoms with Crippen molar-refractivity contribution in [1.82, 2.24) is 14.9 Å². The Labute approximate surface area is 112 Å². The van der Waals surface area contributed by atoms with E-state index >= 15 is 0 Å². The Morgan fingerprint density at radius 3 is 2.88 bits per heavy atom. The Morgan fingerprint density at radius 1 is 1.53 bits per heavy atom. The van der Waals surface area contributed by atoms with Crippen LogP contribution >= 0.6 is 27.5 Å². The molecule has 0 saturated carbocycles. The number of fused-ring (bicyclic) bond motifs is 1. The molecule has 0 saturated heterocycles. The van der Waals surface area contributed by atoms with E-state index in [4.69, 9.17) is 11.6 Å². The van der Waals surface area contributed by atoms with Crippen molar-refractivity contribution in [1.29, 1.82) is 0 Å². The number of halogens is 2. The van der Waals surface area contributed by atoms with Crippen molar-refractivity contribution in [3.63, 3.8) is 0 Å². The second kappa shape index (κ2) is 4.76. The fourth-order valence-corrected chi connectivity index (χ4v) is 2.27. The molecule has 6 heteroatoms. The molecule has 0 bridgehead atoms. The number of aromatic nitrogens is 2. The highest BCUT2D eigenvalue weighted by Crippen LogP contribution is 2.18. The quantitative estimate of drug-likeness (QED) is 0.866. The topological polar surface area (TPSA) is 46.9 Å². The minimum absolute atomic E-state index is 0.144. The molecule has 0 aliphatic heterocycles. The van der Waals surface area contributed by atoms with Crippen LogP contribution in [-0.4, -0.2) is 16.6 Å². The first-order valence-corrected chi connectivity index (χ1v) is 6.26. The van der Waals surface area contributed by atoms with Crippen LogP contribution in [0.1, 0.15) is 13.1 Å². The Balaban J connectivity index is 2.81. The van der Waals surface area contributed by atoms with E-state index in [1.54, 1.807) is 19.2 Å². The Hall–Kier alpha value is -0.910. The van der Waals surface area contributed by atoms with Crippen LogP contribution in [0, 0.1) is 0 Å². The third-order valence-electron chi connectivity index (χ3n) is 2.63. The summed E-state index contributed by atoms with van der Waals surface area (Å²) in [4.78, 5) is 16.5. The Morgan fingerprint density at radius 2 is 2.24 bits per heavy atom. The number of hydrogen-bond acceptors (Lipinski definition) is 3. The van der Waals surface area contributed by atoms with Gasteiger partial charge in [-0.2, -0.15) is 0 Å². The second-order valence-corrected chi connectivity index (χ2v) is 4.94. The van der Waals surface area contributed by atoms with Crippen LogP contribution in [0.3, 0.4) is 0 Å². The van der Waals surface area contributed by atoms with Crippen LogP contribution in [0.25, 0.3) is 10.9 Å². The SMILES string of the molecule is CNC(C)n1c(Cl)nc2cc(Br)ccc2c1=O. The zero-order chi connectivity index (χ0) is 12.6. The summed E-state index contributed by atoms with van der Waals surface area (Å²) in [7, 11) is 1.76. The smallest absolute Gasteiger partial charge is 0.263 e. The molecular weight excluding hydrogens is 305 g/mol. The number of nitrogens with one attached hydrogen (secondary N) is 1. The van der Waals surface area contributed by atoms with Crippen molar-refractivity contribution in [2.45, 2.75) is 13.1 Å². The van der Waals surface area contributed by atoms with E-state index in [1.165, 1.54) is 4.57 Å². The van der Waals surface area contributed by atoms with Gasteiger partial charge in [0.1, 0.15) is 0 Å². The predicted molar refractivity (Wildman–Crippen MR) is 72.5 cm³/mol. The molecule has 1 atom stereocenters. The summed E-state index contributed by atoms with van der Waals surface area (Å²) in [5.41, 5.74) is 0.447. The van der Waals surface area contributed by atoms with Crippen LogP contribution < -0.4 is 10.9 Å². The lowest BCUT2D eigenvalue weighted by molar-refractivity contribution is 0.461. The minimum atomic E-state index is -0.199. The third kappa shape index (κ3) is 2.22. The Kier molecular flexibility index (Phi) is 3.51. The molecule has 0 fully saturated rings. The fraction of sp³-hybridized carbons (Fsp3) is 0.273. The van der Waals surface area contributed by atoms with E-state index in [0.29, 0.717) is 10.9 Å². The van der Waals surface area contributed by atoms with Crippen LogP contribution in [-0.2, 0) is 0 Å². The molecular formula is C11H11BrClN3O. The predicted octanol–water partition coefficient (Wildman–Crippen LogP) is 2.55. The molecule has 0 amide bonds. The lowest BCUT2D eigenvalue weighted by Crippen LogP contribution is -2.31. The highest BCUT2D eigenvalue weighted by molar-refractivity contribution is 9.10. The van der Waals surface area contributed by atoms with E-state index in [2.05, 4.69) is 26.2 Å². The average Bonchev–Trinajstić information content (AvgIpc) is 2.28. The third-order valence-corrected chi connectivity index (χ3v) is 3.39. The number of rotatable bonds is 2. The molecule has 2 aromatic rings. The van der Waals surface area contributed by atoms with Gasteiger partial charge in [0.2, 0.25) is 5.28 Å². The van der Waals surface area contributed by atoms with Gasteiger partial charge in [-0.3, -0.25) is 9.36 Å². The first kappa shape index (κ1) is 12.5. The molecule has 0 aliphatic carbocycles. The average molecular weight is 317 g/mol. The molecule has 1 aromatic heterocycles. The second-order valence-electron chi connectivity index (χ2n) is 3.68. The van der Waals surface area contributed by atoms with Crippen molar-refractivity contribution in [3.8, 4) is 0 Å². The summed E-state index contributed by atoms with van der Waals surface area (Å²) in [6, 6.07) is 5.33. The summed E-state index contributed by atoms with van der Waals surface area (Å²) in [5.74, 6) is 0. The molecule has 1 aromatic carbocycles. The van der Waals surface area contributed by atoms with Gasteiger partial charge in [0.25, 0.3) is 5.56 Å². The molecule has 1 heterocycles.